The molecule has 1 fully saturated rings. The molecule has 0 saturated carbocycles. The second-order valence-corrected chi connectivity index (χ2v) is 7.73. The summed E-state index contributed by atoms with van der Waals surface area (Å²) in [6, 6.07) is 15.6. The number of Topliss-reactive ketones (excluding diaryl/α,β-unsaturated/α-hetero) is 1. The summed E-state index contributed by atoms with van der Waals surface area (Å²) in [7, 11) is 2.86. The van der Waals surface area contributed by atoms with E-state index in [1.54, 1.807) is 36.4 Å². The molecule has 180 valence electrons. The molecular formula is C26H20F3NO5. The van der Waals surface area contributed by atoms with Gasteiger partial charge in [-0.1, -0.05) is 30.3 Å². The first-order chi connectivity index (χ1) is 16.7. The zero-order valence-corrected chi connectivity index (χ0v) is 18.7. The van der Waals surface area contributed by atoms with Gasteiger partial charge in [0.05, 0.1) is 31.4 Å². The van der Waals surface area contributed by atoms with Crippen molar-refractivity contribution in [3.63, 3.8) is 0 Å². The van der Waals surface area contributed by atoms with E-state index in [4.69, 9.17) is 9.47 Å². The SMILES string of the molecule is COc1cccc(/C(O)=C2\C(=O)C(=O)N(c3cccc(C(F)(F)F)c3)C2c2cccc(OC)c2)c1. The largest absolute Gasteiger partial charge is 0.507 e. The lowest BCUT2D eigenvalue weighted by molar-refractivity contribution is -0.137. The van der Waals surface area contributed by atoms with Gasteiger partial charge < -0.3 is 14.6 Å². The number of hydrogen-bond donors (Lipinski definition) is 1. The van der Waals surface area contributed by atoms with Gasteiger partial charge in [-0.3, -0.25) is 14.5 Å². The van der Waals surface area contributed by atoms with Crippen LogP contribution in [0.1, 0.15) is 22.7 Å². The van der Waals surface area contributed by atoms with Crippen LogP contribution < -0.4 is 14.4 Å². The highest BCUT2D eigenvalue weighted by Gasteiger charge is 2.47. The van der Waals surface area contributed by atoms with E-state index in [1.807, 2.05) is 0 Å². The number of halogens is 3. The summed E-state index contributed by atoms with van der Waals surface area (Å²) >= 11 is 0. The second-order valence-electron chi connectivity index (χ2n) is 7.73. The fourth-order valence-electron chi connectivity index (χ4n) is 3.98. The molecule has 1 N–H and O–H groups in total. The summed E-state index contributed by atoms with van der Waals surface area (Å²) in [6.45, 7) is 0. The molecule has 4 rings (SSSR count). The molecule has 0 radical (unpaired) electrons. The third-order valence-electron chi connectivity index (χ3n) is 5.65. The maximum Gasteiger partial charge on any atom is 0.416 e. The monoisotopic (exact) mass is 483 g/mol. The molecular weight excluding hydrogens is 463 g/mol. The average Bonchev–Trinajstić information content (AvgIpc) is 3.13. The number of aliphatic hydroxyl groups is 1. The number of anilines is 1. The number of alkyl halides is 3. The number of rotatable bonds is 5. The van der Waals surface area contributed by atoms with Gasteiger partial charge in [-0.2, -0.15) is 13.2 Å². The summed E-state index contributed by atoms with van der Waals surface area (Å²) in [5, 5.41) is 11.1. The van der Waals surface area contributed by atoms with Crippen LogP contribution in [0, 0.1) is 0 Å². The number of carbonyl (C=O) groups is 2. The number of benzene rings is 3. The van der Waals surface area contributed by atoms with E-state index in [1.165, 1.54) is 32.4 Å². The lowest BCUT2D eigenvalue weighted by Crippen LogP contribution is -2.29. The third-order valence-corrected chi connectivity index (χ3v) is 5.65. The van der Waals surface area contributed by atoms with E-state index in [2.05, 4.69) is 0 Å². The Kier molecular flexibility index (Phi) is 6.26. The van der Waals surface area contributed by atoms with Crippen molar-refractivity contribution in [1.82, 2.24) is 0 Å². The normalized spacial score (nSPS) is 17.5. The third kappa shape index (κ3) is 4.44. The standard InChI is InChI=1S/C26H20F3NO5/c1-34-19-10-3-6-15(12-19)22-21(23(31)16-7-4-11-20(13-16)35-2)24(32)25(33)30(22)18-9-5-8-17(14-18)26(27,28)29/h3-14,22,31H,1-2H3/b23-21+. The number of aliphatic hydroxyl groups excluding tert-OH is 1. The molecule has 1 aliphatic heterocycles. The minimum atomic E-state index is -4.66. The Bertz CT molecular complexity index is 1330. The van der Waals surface area contributed by atoms with E-state index in [0.717, 1.165) is 23.1 Å². The average molecular weight is 483 g/mol. The number of ketones is 1. The van der Waals surface area contributed by atoms with Gasteiger partial charge in [0.1, 0.15) is 17.3 Å². The molecule has 3 aromatic carbocycles. The number of methoxy groups -OCH3 is 2. The van der Waals surface area contributed by atoms with Crippen LogP contribution in [0.25, 0.3) is 5.76 Å². The molecule has 1 aliphatic rings. The van der Waals surface area contributed by atoms with Crippen LogP contribution in [0.15, 0.2) is 78.4 Å². The van der Waals surface area contributed by atoms with Crippen LogP contribution in [0.3, 0.4) is 0 Å². The van der Waals surface area contributed by atoms with Crippen molar-refractivity contribution in [3.8, 4) is 11.5 Å². The number of carbonyl (C=O) groups excluding carboxylic acids is 2. The molecule has 0 spiro atoms. The maximum absolute atomic E-state index is 13.4. The number of nitrogens with zero attached hydrogens (tertiary/aromatic N) is 1. The summed E-state index contributed by atoms with van der Waals surface area (Å²) in [4.78, 5) is 27.3. The molecule has 9 heteroatoms. The highest BCUT2D eigenvalue weighted by atomic mass is 19.4. The quantitative estimate of drug-likeness (QED) is 0.301. The molecule has 0 bridgehead atoms. The van der Waals surface area contributed by atoms with Gasteiger partial charge in [0.25, 0.3) is 11.7 Å². The number of ether oxygens (including phenoxy) is 2. The molecule has 1 amide bonds. The number of hydrogen-bond acceptors (Lipinski definition) is 5. The van der Waals surface area contributed by atoms with Gasteiger partial charge in [0, 0.05) is 11.3 Å². The predicted octanol–water partition coefficient (Wildman–Crippen LogP) is 5.35. The van der Waals surface area contributed by atoms with Crippen molar-refractivity contribution in [2.24, 2.45) is 0 Å². The first-order valence-electron chi connectivity index (χ1n) is 10.4. The van der Waals surface area contributed by atoms with E-state index in [-0.39, 0.29) is 16.8 Å². The second kappa shape index (κ2) is 9.17. The van der Waals surface area contributed by atoms with Gasteiger partial charge in [0.15, 0.2) is 0 Å². The van der Waals surface area contributed by atoms with Crippen LogP contribution in [0.5, 0.6) is 11.5 Å². The number of amides is 1. The lowest BCUT2D eigenvalue weighted by atomic mass is 9.95. The molecule has 35 heavy (non-hydrogen) atoms. The highest BCUT2D eigenvalue weighted by molar-refractivity contribution is 6.51. The fourth-order valence-corrected chi connectivity index (χ4v) is 3.98. The van der Waals surface area contributed by atoms with Gasteiger partial charge in [-0.25, -0.2) is 0 Å². The molecule has 1 heterocycles. The van der Waals surface area contributed by atoms with Crippen LogP contribution in [0.2, 0.25) is 0 Å². The van der Waals surface area contributed by atoms with E-state index in [9.17, 15) is 27.9 Å². The van der Waals surface area contributed by atoms with E-state index >= 15 is 0 Å². The molecule has 1 atom stereocenters. The molecule has 0 aliphatic carbocycles. The van der Waals surface area contributed by atoms with Gasteiger partial charge in [-0.05, 0) is 48.0 Å². The Labute approximate surface area is 198 Å². The molecule has 1 saturated heterocycles. The summed E-state index contributed by atoms with van der Waals surface area (Å²) in [5.74, 6) is -1.78. The Morgan fingerprint density at radius 2 is 1.51 bits per heavy atom. The van der Waals surface area contributed by atoms with E-state index in [0.29, 0.717) is 17.1 Å². The van der Waals surface area contributed by atoms with Crippen LogP contribution in [-0.2, 0) is 15.8 Å². The van der Waals surface area contributed by atoms with Crippen molar-refractivity contribution in [2.45, 2.75) is 12.2 Å². The van der Waals surface area contributed by atoms with Gasteiger partial charge in [0.2, 0.25) is 0 Å². The van der Waals surface area contributed by atoms with E-state index < -0.39 is 35.2 Å². The van der Waals surface area contributed by atoms with Crippen LogP contribution in [-0.4, -0.2) is 31.0 Å². The van der Waals surface area contributed by atoms with Crippen LogP contribution >= 0.6 is 0 Å². The Balaban J connectivity index is 1.96. The zero-order chi connectivity index (χ0) is 25.3. The minimum Gasteiger partial charge on any atom is -0.507 e. The summed E-state index contributed by atoms with van der Waals surface area (Å²) in [6.07, 6.45) is -4.66. The smallest absolute Gasteiger partial charge is 0.416 e. The maximum atomic E-state index is 13.4. The molecule has 0 aromatic heterocycles. The highest BCUT2D eigenvalue weighted by Crippen LogP contribution is 2.44. The molecule has 1 unspecified atom stereocenters. The lowest BCUT2D eigenvalue weighted by Gasteiger charge is -2.26. The van der Waals surface area contributed by atoms with Crippen molar-refractivity contribution in [3.05, 3.63) is 95.1 Å². The summed E-state index contributed by atoms with van der Waals surface area (Å²) < 4.78 is 50.6. The predicted molar refractivity (Wildman–Crippen MR) is 122 cm³/mol. The van der Waals surface area contributed by atoms with Gasteiger partial charge >= 0.3 is 6.18 Å². The molecule has 6 nitrogen and oxygen atoms in total. The van der Waals surface area contributed by atoms with Crippen molar-refractivity contribution < 1.29 is 37.3 Å². The van der Waals surface area contributed by atoms with Crippen LogP contribution in [0.4, 0.5) is 18.9 Å². The van der Waals surface area contributed by atoms with Gasteiger partial charge in [-0.15, -0.1) is 0 Å². The Morgan fingerprint density at radius 1 is 0.886 bits per heavy atom. The fraction of sp³-hybridized carbons (Fsp3) is 0.154. The molecule has 3 aromatic rings. The zero-order valence-electron chi connectivity index (χ0n) is 18.7. The topological polar surface area (TPSA) is 76.1 Å². The first-order valence-corrected chi connectivity index (χ1v) is 10.4. The Hall–Kier alpha value is -4.27. The van der Waals surface area contributed by atoms with Crippen molar-refractivity contribution in [2.75, 3.05) is 19.1 Å². The van der Waals surface area contributed by atoms with Crippen molar-refractivity contribution >= 4 is 23.1 Å². The summed E-state index contributed by atoms with van der Waals surface area (Å²) in [5.41, 5.74) is -0.813. The first kappa shape index (κ1) is 23.9. The Morgan fingerprint density at radius 3 is 2.17 bits per heavy atom. The minimum absolute atomic E-state index is 0.139. The van der Waals surface area contributed by atoms with Crippen molar-refractivity contribution in [1.29, 1.82) is 0 Å².